The SMILES string of the molecule is Cc1cc(C(=O)Nc2ccc(F)c(F)c2F)nc(N2CCCCCC2)n1. The summed E-state index contributed by atoms with van der Waals surface area (Å²) in [6, 6.07) is 3.19. The van der Waals surface area contributed by atoms with E-state index >= 15 is 0 Å². The second-order valence-electron chi connectivity index (χ2n) is 6.27. The molecule has 0 bridgehead atoms. The molecule has 1 N–H and O–H groups in total. The van der Waals surface area contributed by atoms with Crippen LogP contribution in [0.1, 0.15) is 41.9 Å². The summed E-state index contributed by atoms with van der Waals surface area (Å²) in [4.78, 5) is 23.1. The van der Waals surface area contributed by atoms with E-state index in [0.29, 0.717) is 11.6 Å². The standard InChI is InChI=1S/C18H19F3N4O/c1-11-10-14(24-18(22-11)25-8-4-2-3-5-9-25)17(26)23-13-7-6-12(19)15(20)16(13)21/h6-7,10H,2-5,8-9H2,1H3,(H,23,26). The summed E-state index contributed by atoms with van der Waals surface area (Å²) in [5, 5.41) is 2.23. The molecule has 1 aliphatic heterocycles. The van der Waals surface area contributed by atoms with Crippen molar-refractivity contribution in [3.63, 3.8) is 0 Å². The molecule has 138 valence electrons. The number of rotatable bonds is 3. The first-order chi connectivity index (χ1) is 12.5. The number of nitrogens with zero attached hydrogens (tertiary/aromatic N) is 3. The third kappa shape index (κ3) is 3.95. The summed E-state index contributed by atoms with van der Waals surface area (Å²) < 4.78 is 40.1. The molecule has 1 saturated heterocycles. The van der Waals surface area contributed by atoms with Gasteiger partial charge in [-0.3, -0.25) is 4.79 Å². The Morgan fingerprint density at radius 1 is 1.04 bits per heavy atom. The maximum absolute atomic E-state index is 13.8. The van der Waals surface area contributed by atoms with Gasteiger partial charge >= 0.3 is 0 Å². The van der Waals surface area contributed by atoms with Crippen LogP contribution in [0.25, 0.3) is 0 Å². The number of hydrogen-bond donors (Lipinski definition) is 1. The van der Waals surface area contributed by atoms with E-state index in [4.69, 9.17) is 0 Å². The van der Waals surface area contributed by atoms with Gasteiger partial charge in [-0.05, 0) is 38.0 Å². The van der Waals surface area contributed by atoms with Crippen LogP contribution in [0.4, 0.5) is 24.8 Å². The van der Waals surface area contributed by atoms with Crippen molar-refractivity contribution in [1.82, 2.24) is 9.97 Å². The van der Waals surface area contributed by atoms with Crippen molar-refractivity contribution >= 4 is 17.5 Å². The van der Waals surface area contributed by atoms with E-state index in [9.17, 15) is 18.0 Å². The Morgan fingerprint density at radius 3 is 2.42 bits per heavy atom. The number of aryl methyl sites for hydroxylation is 1. The van der Waals surface area contributed by atoms with Crippen LogP contribution in [0.15, 0.2) is 18.2 Å². The van der Waals surface area contributed by atoms with Gasteiger partial charge in [-0.15, -0.1) is 0 Å². The minimum absolute atomic E-state index is 0.0425. The summed E-state index contributed by atoms with van der Waals surface area (Å²) >= 11 is 0. The van der Waals surface area contributed by atoms with E-state index in [2.05, 4.69) is 15.3 Å². The molecule has 0 aliphatic carbocycles. The third-order valence-electron chi connectivity index (χ3n) is 4.25. The number of nitrogens with one attached hydrogen (secondary N) is 1. The Bertz CT molecular complexity index is 820. The molecule has 1 fully saturated rings. The van der Waals surface area contributed by atoms with Gasteiger partial charge in [-0.2, -0.15) is 0 Å². The fraction of sp³-hybridized carbons (Fsp3) is 0.389. The van der Waals surface area contributed by atoms with Crippen LogP contribution in [0, 0.1) is 24.4 Å². The van der Waals surface area contributed by atoms with E-state index in [0.717, 1.165) is 50.9 Å². The predicted molar refractivity (Wildman–Crippen MR) is 91.7 cm³/mol. The first kappa shape index (κ1) is 18.2. The predicted octanol–water partition coefficient (Wildman–Crippen LogP) is 3.84. The molecule has 26 heavy (non-hydrogen) atoms. The highest BCUT2D eigenvalue weighted by Crippen LogP contribution is 2.21. The molecule has 0 spiro atoms. The van der Waals surface area contributed by atoms with Crippen molar-refractivity contribution in [2.75, 3.05) is 23.3 Å². The number of carbonyl (C=O) groups is 1. The van der Waals surface area contributed by atoms with Crippen LogP contribution in [0.2, 0.25) is 0 Å². The average Bonchev–Trinajstić information content (AvgIpc) is 2.91. The van der Waals surface area contributed by atoms with Crippen LogP contribution in [-0.2, 0) is 0 Å². The van der Waals surface area contributed by atoms with E-state index in [1.807, 2.05) is 4.90 Å². The van der Waals surface area contributed by atoms with Gasteiger partial charge in [0.2, 0.25) is 5.95 Å². The minimum Gasteiger partial charge on any atom is -0.341 e. The molecule has 1 aliphatic rings. The van der Waals surface area contributed by atoms with Gasteiger partial charge in [-0.1, -0.05) is 12.8 Å². The molecule has 0 radical (unpaired) electrons. The number of amides is 1. The fourth-order valence-electron chi connectivity index (χ4n) is 2.89. The topological polar surface area (TPSA) is 58.1 Å². The maximum atomic E-state index is 13.8. The van der Waals surface area contributed by atoms with Gasteiger partial charge in [-0.25, -0.2) is 23.1 Å². The normalized spacial score (nSPS) is 14.8. The van der Waals surface area contributed by atoms with Crippen molar-refractivity contribution < 1.29 is 18.0 Å². The van der Waals surface area contributed by atoms with E-state index < -0.39 is 29.0 Å². The molecule has 0 saturated carbocycles. The molecular formula is C18H19F3N4O. The second kappa shape index (κ2) is 7.72. The number of aromatic nitrogens is 2. The average molecular weight is 364 g/mol. The van der Waals surface area contributed by atoms with Gasteiger partial charge in [0.1, 0.15) is 5.69 Å². The van der Waals surface area contributed by atoms with Crippen LogP contribution in [-0.4, -0.2) is 29.0 Å². The molecule has 1 amide bonds. The largest absolute Gasteiger partial charge is 0.341 e. The van der Waals surface area contributed by atoms with Crippen LogP contribution in [0.3, 0.4) is 0 Å². The fourth-order valence-corrected chi connectivity index (χ4v) is 2.89. The summed E-state index contributed by atoms with van der Waals surface area (Å²) in [5.41, 5.74) is 0.192. The second-order valence-corrected chi connectivity index (χ2v) is 6.27. The van der Waals surface area contributed by atoms with Gasteiger partial charge in [0, 0.05) is 18.8 Å². The van der Waals surface area contributed by atoms with Crippen molar-refractivity contribution in [1.29, 1.82) is 0 Å². The highest BCUT2D eigenvalue weighted by Gasteiger charge is 2.19. The molecule has 2 heterocycles. The molecule has 1 aromatic carbocycles. The van der Waals surface area contributed by atoms with Crippen molar-refractivity contribution in [3.8, 4) is 0 Å². The summed E-state index contributed by atoms with van der Waals surface area (Å²) in [6.07, 6.45) is 4.34. The maximum Gasteiger partial charge on any atom is 0.274 e. The van der Waals surface area contributed by atoms with Crippen molar-refractivity contribution in [2.24, 2.45) is 0 Å². The lowest BCUT2D eigenvalue weighted by atomic mass is 10.2. The molecule has 3 rings (SSSR count). The molecular weight excluding hydrogens is 345 g/mol. The van der Waals surface area contributed by atoms with Crippen molar-refractivity contribution in [2.45, 2.75) is 32.6 Å². The van der Waals surface area contributed by atoms with Crippen LogP contribution < -0.4 is 10.2 Å². The molecule has 5 nitrogen and oxygen atoms in total. The summed E-state index contributed by atoms with van der Waals surface area (Å²) in [7, 11) is 0. The quantitative estimate of drug-likeness (QED) is 0.841. The monoisotopic (exact) mass is 364 g/mol. The smallest absolute Gasteiger partial charge is 0.274 e. The zero-order valence-electron chi connectivity index (χ0n) is 14.4. The van der Waals surface area contributed by atoms with Gasteiger partial charge < -0.3 is 10.2 Å². The molecule has 2 aromatic rings. The summed E-state index contributed by atoms with van der Waals surface area (Å²) in [6.45, 7) is 3.35. The van der Waals surface area contributed by atoms with Crippen LogP contribution in [0.5, 0.6) is 0 Å². The van der Waals surface area contributed by atoms with E-state index in [-0.39, 0.29) is 5.69 Å². The number of anilines is 2. The Kier molecular flexibility index (Phi) is 5.39. The zero-order chi connectivity index (χ0) is 18.7. The van der Waals surface area contributed by atoms with Crippen molar-refractivity contribution in [3.05, 3.63) is 47.0 Å². The molecule has 0 unspecified atom stereocenters. The first-order valence-electron chi connectivity index (χ1n) is 8.51. The Labute approximate surface area is 149 Å². The first-order valence-corrected chi connectivity index (χ1v) is 8.51. The van der Waals surface area contributed by atoms with Gasteiger partial charge in [0.15, 0.2) is 17.5 Å². The third-order valence-corrected chi connectivity index (χ3v) is 4.25. The Balaban J connectivity index is 1.84. The Hall–Kier alpha value is -2.64. The highest BCUT2D eigenvalue weighted by molar-refractivity contribution is 6.03. The lowest BCUT2D eigenvalue weighted by Crippen LogP contribution is -2.27. The lowest BCUT2D eigenvalue weighted by Gasteiger charge is -2.21. The Morgan fingerprint density at radius 2 is 1.73 bits per heavy atom. The number of carbonyl (C=O) groups excluding carboxylic acids is 1. The van der Waals surface area contributed by atoms with Gasteiger partial charge in [0.25, 0.3) is 5.91 Å². The number of hydrogen-bond acceptors (Lipinski definition) is 4. The minimum atomic E-state index is -1.63. The molecule has 8 heteroatoms. The van der Waals surface area contributed by atoms with Gasteiger partial charge in [0.05, 0.1) is 5.69 Å². The number of benzene rings is 1. The van der Waals surface area contributed by atoms with E-state index in [1.165, 1.54) is 6.07 Å². The zero-order valence-corrected chi connectivity index (χ0v) is 14.4. The molecule has 0 atom stereocenters. The van der Waals surface area contributed by atoms with E-state index in [1.54, 1.807) is 6.92 Å². The lowest BCUT2D eigenvalue weighted by molar-refractivity contribution is 0.102. The summed E-state index contributed by atoms with van der Waals surface area (Å²) in [5.74, 6) is -4.66. The van der Waals surface area contributed by atoms with Crippen LogP contribution >= 0.6 is 0 Å². The molecule has 1 aromatic heterocycles. The highest BCUT2D eigenvalue weighted by atomic mass is 19.2. The number of halogens is 3.